The lowest BCUT2D eigenvalue weighted by molar-refractivity contribution is -0.188. The fourth-order valence-electron chi connectivity index (χ4n) is 3.69. The summed E-state index contributed by atoms with van der Waals surface area (Å²) in [6.07, 6.45) is -4.12. The van der Waals surface area contributed by atoms with Crippen molar-refractivity contribution in [3.63, 3.8) is 0 Å². The van der Waals surface area contributed by atoms with Gasteiger partial charge < -0.3 is 15.3 Å². The Balaban J connectivity index is 1.60. The van der Waals surface area contributed by atoms with Gasteiger partial charge in [-0.3, -0.25) is 14.4 Å². The van der Waals surface area contributed by atoms with Gasteiger partial charge in [-0.25, -0.2) is 0 Å². The zero-order valence-corrected chi connectivity index (χ0v) is 14.3. The maximum atomic E-state index is 13.0. The van der Waals surface area contributed by atoms with E-state index in [4.69, 9.17) is 5.11 Å². The van der Waals surface area contributed by atoms with Gasteiger partial charge in [0, 0.05) is 31.1 Å². The maximum absolute atomic E-state index is 13.0. The van der Waals surface area contributed by atoms with E-state index in [1.165, 1.54) is 0 Å². The summed E-state index contributed by atoms with van der Waals surface area (Å²) in [5, 5.41) is 11.8. The van der Waals surface area contributed by atoms with E-state index in [0.29, 0.717) is 6.42 Å². The molecule has 2 heterocycles. The molecule has 1 saturated heterocycles. The van der Waals surface area contributed by atoms with Crippen molar-refractivity contribution in [1.29, 1.82) is 0 Å². The van der Waals surface area contributed by atoms with Gasteiger partial charge in [-0.15, -0.1) is 0 Å². The minimum absolute atomic E-state index is 0.100. The number of carbonyl (C=O) groups is 3. The Bertz CT molecular complexity index is 765. The quantitative estimate of drug-likeness (QED) is 0.834. The number of fused-ring (bicyclic) bond motifs is 1. The third-order valence-corrected chi connectivity index (χ3v) is 5.23. The Morgan fingerprint density at radius 3 is 2.56 bits per heavy atom. The monoisotopic (exact) mass is 384 g/mol. The normalized spacial score (nSPS) is 25.1. The van der Waals surface area contributed by atoms with Gasteiger partial charge in [0.25, 0.3) is 0 Å². The van der Waals surface area contributed by atoms with Crippen molar-refractivity contribution in [2.24, 2.45) is 17.8 Å². The number of carboxylic acid groups (broad SMARTS) is 1. The van der Waals surface area contributed by atoms with Crippen molar-refractivity contribution in [3.05, 3.63) is 29.8 Å². The number of amides is 2. The average Bonchev–Trinajstić information content (AvgIpc) is 3.06. The van der Waals surface area contributed by atoms with E-state index >= 15 is 0 Å². The average molecular weight is 384 g/mol. The van der Waals surface area contributed by atoms with Crippen LogP contribution in [0, 0.1) is 17.8 Å². The predicted octanol–water partition coefficient (Wildman–Crippen LogP) is 2.30. The van der Waals surface area contributed by atoms with Crippen molar-refractivity contribution in [2.45, 2.75) is 25.4 Å². The van der Waals surface area contributed by atoms with E-state index in [2.05, 4.69) is 5.32 Å². The van der Waals surface area contributed by atoms with Crippen LogP contribution in [-0.4, -0.2) is 47.1 Å². The third kappa shape index (κ3) is 4.06. The molecular formula is C18H19F3N2O4. The lowest BCUT2D eigenvalue weighted by Gasteiger charge is -2.25. The fraction of sp³-hybridized carbons (Fsp3) is 0.500. The molecule has 0 aliphatic carbocycles. The number of nitrogens with one attached hydrogen (secondary N) is 1. The van der Waals surface area contributed by atoms with Crippen molar-refractivity contribution in [2.75, 3.05) is 18.4 Å². The molecule has 146 valence electrons. The molecule has 6 nitrogen and oxygen atoms in total. The van der Waals surface area contributed by atoms with Gasteiger partial charge in [-0.05, 0) is 24.5 Å². The highest BCUT2D eigenvalue weighted by atomic mass is 19.4. The molecule has 2 aliphatic rings. The largest absolute Gasteiger partial charge is 0.481 e. The minimum Gasteiger partial charge on any atom is -0.481 e. The van der Waals surface area contributed by atoms with Gasteiger partial charge in [0.2, 0.25) is 11.8 Å². The molecule has 3 rings (SSSR count). The topological polar surface area (TPSA) is 86.7 Å². The Morgan fingerprint density at radius 1 is 1.22 bits per heavy atom. The number of likely N-dealkylation sites (tertiary alicyclic amines) is 1. The van der Waals surface area contributed by atoms with E-state index in [0.717, 1.165) is 16.2 Å². The Hall–Kier alpha value is -2.58. The second-order valence-electron chi connectivity index (χ2n) is 6.98. The summed E-state index contributed by atoms with van der Waals surface area (Å²) in [6.45, 7) is -1.11. The minimum atomic E-state index is -4.68. The number of nitrogens with zero attached hydrogens (tertiary/aromatic N) is 1. The highest BCUT2D eigenvalue weighted by molar-refractivity contribution is 5.96. The molecule has 1 aromatic carbocycles. The molecule has 2 N–H and O–H groups in total. The Kier molecular flexibility index (Phi) is 5.12. The third-order valence-electron chi connectivity index (χ3n) is 5.23. The number of alkyl halides is 3. The maximum Gasteiger partial charge on any atom is 0.394 e. The number of hydrogen-bond acceptors (Lipinski definition) is 3. The number of benzene rings is 1. The molecule has 1 fully saturated rings. The van der Waals surface area contributed by atoms with Crippen LogP contribution in [0.15, 0.2) is 24.3 Å². The van der Waals surface area contributed by atoms with Gasteiger partial charge in [-0.2, -0.15) is 13.2 Å². The first-order chi connectivity index (χ1) is 12.7. The van der Waals surface area contributed by atoms with E-state index in [9.17, 15) is 27.6 Å². The van der Waals surface area contributed by atoms with Crippen LogP contribution < -0.4 is 5.32 Å². The van der Waals surface area contributed by atoms with Crippen molar-refractivity contribution in [1.82, 2.24) is 4.90 Å². The van der Waals surface area contributed by atoms with E-state index in [-0.39, 0.29) is 18.7 Å². The smallest absolute Gasteiger partial charge is 0.394 e. The molecule has 0 aromatic heterocycles. The lowest BCUT2D eigenvalue weighted by Crippen LogP contribution is -2.34. The number of carboxylic acids is 1. The first-order valence-electron chi connectivity index (χ1n) is 8.63. The van der Waals surface area contributed by atoms with Crippen LogP contribution in [0.5, 0.6) is 0 Å². The first kappa shape index (κ1) is 19.2. The van der Waals surface area contributed by atoms with Crippen LogP contribution >= 0.6 is 0 Å². The Labute approximate surface area is 153 Å². The van der Waals surface area contributed by atoms with Crippen molar-refractivity contribution < 1.29 is 32.7 Å². The summed E-state index contributed by atoms with van der Waals surface area (Å²) in [4.78, 5) is 36.5. The SMILES string of the molecule is O=C1Nc2ccccc2CC1CCC(=O)N1C[C@@H](C(F)(F)F)[C@H](C(=O)O)C1. The fourth-order valence-corrected chi connectivity index (χ4v) is 3.69. The second-order valence-corrected chi connectivity index (χ2v) is 6.98. The predicted molar refractivity (Wildman–Crippen MR) is 88.8 cm³/mol. The summed E-state index contributed by atoms with van der Waals surface area (Å²) < 4.78 is 39.1. The van der Waals surface area contributed by atoms with E-state index < -0.39 is 48.9 Å². The van der Waals surface area contributed by atoms with Crippen LogP contribution in [0.1, 0.15) is 18.4 Å². The van der Waals surface area contributed by atoms with Crippen LogP contribution in [0.3, 0.4) is 0 Å². The molecular weight excluding hydrogens is 365 g/mol. The summed E-state index contributed by atoms with van der Waals surface area (Å²) in [6, 6.07) is 7.29. The molecule has 9 heteroatoms. The molecule has 0 saturated carbocycles. The van der Waals surface area contributed by atoms with Gasteiger partial charge in [0.15, 0.2) is 0 Å². The number of anilines is 1. The summed E-state index contributed by atoms with van der Waals surface area (Å²) in [5.74, 6) is -6.50. The molecule has 1 aromatic rings. The number of aliphatic carboxylic acids is 1. The number of rotatable bonds is 4. The second kappa shape index (κ2) is 7.21. The number of para-hydroxylation sites is 1. The molecule has 0 bridgehead atoms. The summed E-state index contributed by atoms with van der Waals surface area (Å²) in [5.41, 5.74) is 1.67. The highest BCUT2D eigenvalue weighted by Gasteiger charge is 2.53. The van der Waals surface area contributed by atoms with Gasteiger partial charge >= 0.3 is 12.1 Å². The lowest BCUT2D eigenvalue weighted by atomic mass is 9.89. The summed E-state index contributed by atoms with van der Waals surface area (Å²) in [7, 11) is 0. The van der Waals surface area contributed by atoms with Crippen LogP contribution in [0.2, 0.25) is 0 Å². The number of carbonyl (C=O) groups excluding carboxylic acids is 2. The standard InChI is InChI=1S/C18H19F3N2O4/c19-18(20,21)13-9-23(8-12(13)17(26)27)15(24)6-5-11-7-10-3-1-2-4-14(10)22-16(11)25/h1-4,11-13H,5-9H2,(H,22,25)(H,26,27)/t11?,12-,13-/m1/s1. The molecule has 27 heavy (non-hydrogen) atoms. The molecule has 3 atom stereocenters. The van der Waals surface area contributed by atoms with Crippen LogP contribution in [0.25, 0.3) is 0 Å². The molecule has 1 unspecified atom stereocenters. The zero-order chi connectivity index (χ0) is 19.8. The van der Waals surface area contributed by atoms with Gasteiger partial charge in [-0.1, -0.05) is 18.2 Å². The highest BCUT2D eigenvalue weighted by Crippen LogP contribution is 2.38. The van der Waals surface area contributed by atoms with Crippen LogP contribution in [-0.2, 0) is 20.8 Å². The zero-order valence-electron chi connectivity index (χ0n) is 14.3. The first-order valence-corrected chi connectivity index (χ1v) is 8.63. The van der Waals surface area contributed by atoms with Crippen LogP contribution in [0.4, 0.5) is 18.9 Å². The van der Waals surface area contributed by atoms with Gasteiger partial charge in [0.05, 0.1) is 11.8 Å². The van der Waals surface area contributed by atoms with Crippen molar-refractivity contribution >= 4 is 23.5 Å². The van der Waals surface area contributed by atoms with Gasteiger partial charge in [0.1, 0.15) is 0 Å². The molecule has 0 spiro atoms. The number of halogens is 3. The molecule has 2 aliphatic heterocycles. The molecule has 2 amide bonds. The Morgan fingerprint density at radius 2 is 1.93 bits per heavy atom. The van der Waals surface area contributed by atoms with Crippen molar-refractivity contribution in [3.8, 4) is 0 Å². The summed E-state index contributed by atoms with van der Waals surface area (Å²) >= 11 is 0. The van der Waals surface area contributed by atoms with E-state index in [1.807, 2.05) is 12.1 Å². The van der Waals surface area contributed by atoms with E-state index in [1.54, 1.807) is 12.1 Å². The number of hydrogen-bond donors (Lipinski definition) is 2. The molecule has 0 radical (unpaired) electrons.